The number of nitrogens with zero attached hydrogens (tertiary/aromatic N) is 3. The molecule has 0 aliphatic heterocycles. The fourth-order valence-corrected chi connectivity index (χ4v) is 2.84. The van der Waals surface area contributed by atoms with Crippen LogP contribution in [0.15, 0.2) is 73.3 Å². The molecule has 24 heavy (non-hydrogen) atoms. The van der Waals surface area contributed by atoms with Crippen LogP contribution in [0.25, 0.3) is 0 Å². The van der Waals surface area contributed by atoms with Crippen molar-refractivity contribution in [2.45, 2.75) is 19.6 Å². The summed E-state index contributed by atoms with van der Waals surface area (Å²) in [5.41, 5.74) is 3.71. The van der Waals surface area contributed by atoms with E-state index in [4.69, 9.17) is 0 Å². The highest BCUT2D eigenvalue weighted by molar-refractivity contribution is 5.18. The Bertz CT molecular complexity index is 725. The van der Waals surface area contributed by atoms with Crippen LogP contribution in [-0.4, -0.2) is 32.7 Å². The lowest BCUT2D eigenvalue weighted by molar-refractivity contribution is 0.184. The molecule has 0 saturated heterocycles. The van der Waals surface area contributed by atoms with E-state index in [-0.39, 0.29) is 6.61 Å². The van der Waals surface area contributed by atoms with Gasteiger partial charge in [-0.15, -0.1) is 0 Å². The Kier molecular flexibility index (Phi) is 5.77. The molecule has 3 rings (SSSR count). The van der Waals surface area contributed by atoms with E-state index in [1.807, 2.05) is 18.3 Å². The molecule has 1 N–H and O–H groups in total. The summed E-state index contributed by atoms with van der Waals surface area (Å²) in [6, 6.07) is 16.6. The molecule has 3 aromatic rings. The first kappa shape index (κ1) is 16.4. The van der Waals surface area contributed by atoms with Crippen molar-refractivity contribution >= 4 is 0 Å². The highest BCUT2D eigenvalue weighted by atomic mass is 16.3. The second kappa shape index (κ2) is 8.43. The molecule has 0 saturated carbocycles. The van der Waals surface area contributed by atoms with E-state index < -0.39 is 0 Å². The Morgan fingerprint density at radius 1 is 0.917 bits per heavy atom. The number of aliphatic hydroxyl groups excluding tert-OH is 1. The highest BCUT2D eigenvalue weighted by Crippen LogP contribution is 2.11. The van der Waals surface area contributed by atoms with Crippen molar-refractivity contribution in [2.24, 2.45) is 0 Å². The molecule has 4 nitrogen and oxygen atoms in total. The van der Waals surface area contributed by atoms with Crippen molar-refractivity contribution in [1.29, 1.82) is 0 Å². The fraction of sp³-hybridized carbons (Fsp3) is 0.250. The zero-order chi connectivity index (χ0) is 16.6. The molecule has 0 amide bonds. The number of pyridine rings is 1. The zero-order valence-electron chi connectivity index (χ0n) is 13.8. The number of aliphatic hydroxyl groups is 1. The van der Waals surface area contributed by atoms with E-state index in [1.54, 1.807) is 6.20 Å². The van der Waals surface area contributed by atoms with Crippen molar-refractivity contribution in [3.05, 3.63) is 90.0 Å². The van der Waals surface area contributed by atoms with Crippen LogP contribution >= 0.6 is 0 Å². The lowest BCUT2D eigenvalue weighted by Crippen LogP contribution is -2.26. The Hall–Kier alpha value is -2.43. The van der Waals surface area contributed by atoms with Crippen LogP contribution in [0.5, 0.6) is 0 Å². The average Bonchev–Trinajstić information content (AvgIpc) is 3.04. The van der Waals surface area contributed by atoms with Crippen LogP contribution < -0.4 is 0 Å². The van der Waals surface area contributed by atoms with Crippen LogP contribution in [-0.2, 0) is 19.6 Å². The molecule has 0 aliphatic rings. The van der Waals surface area contributed by atoms with Gasteiger partial charge in [0.25, 0.3) is 0 Å². The van der Waals surface area contributed by atoms with Crippen LogP contribution in [0.2, 0.25) is 0 Å². The van der Waals surface area contributed by atoms with Gasteiger partial charge in [0.15, 0.2) is 0 Å². The Labute approximate surface area is 143 Å². The summed E-state index contributed by atoms with van der Waals surface area (Å²) in [5, 5.41) is 9.33. The van der Waals surface area contributed by atoms with Crippen molar-refractivity contribution in [1.82, 2.24) is 14.5 Å². The van der Waals surface area contributed by atoms with Crippen molar-refractivity contribution in [3.8, 4) is 0 Å². The average molecular weight is 321 g/mol. The molecule has 4 heteroatoms. The summed E-state index contributed by atoms with van der Waals surface area (Å²) in [6.45, 7) is 3.29. The molecule has 0 atom stereocenters. The predicted octanol–water partition coefficient (Wildman–Crippen LogP) is 2.93. The first-order valence-electron chi connectivity index (χ1n) is 8.24. The Morgan fingerprint density at radius 3 is 2.46 bits per heavy atom. The van der Waals surface area contributed by atoms with Gasteiger partial charge in [0.2, 0.25) is 0 Å². The zero-order valence-corrected chi connectivity index (χ0v) is 13.8. The number of benzene rings is 1. The molecule has 2 aromatic heterocycles. The van der Waals surface area contributed by atoms with E-state index in [0.29, 0.717) is 6.54 Å². The lowest BCUT2D eigenvalue weighted by atomic mass is 10.2. The van der Waals surface area contributed by atoms with Gasteiger partial charge in [-0.1, -0.05) is 36.4 Å². The number of hydrogen-bond acceptors (Lipinski definition) is 3. The van der Waals surface area contributed by atoms with E-state index >= 15 is 0 Å². The standard InChI is InChI=1S/C20H23N3O/c24-12-11-23(15-19-7-4-9-21-13-19)17-20-8-10-22(16-20)14-18-5-2-1-3-6-18/h1-10,13,16,24H,11-12,14-15,17H2. The SMILES string of the molecule is OCCN(Cc1cccnc1)Cc1ccn(Cc2ccccc2)c1. The minimum absolute atomic E-state index is 0.158. The first-order valence-corrected chi connectivity index (χ1v) is 8.24. The summed E-state index contributed by atoms with van der Waals surface area (Å²) in [5.74, 6) is 0. The quantitative estimate of drug-likeness (QED) is 0.693. The Balaban J connectivity index is 1.62. The largest absolute Gasteiger partial charge is 0.395 e. The smallest absolute Gasteiger partial charge is 0.0558 e. The van der Waals surface area contributed by atoms with Crippen molar-refractivity contribution in [3.63, 3.8) is 0 Å². The monoisotopic (exact) mass is 321 g/mol. The van der Waals surface area contributed by atoms with Gasteiger partial charge in [0.05, 0.1) is 6.61 Å². The van der Waals surface area contributed by atoms with Crippen LogP contribution in [0, 0.1) is 0 Å². The molecule has 124 valence electrons. The molecule has 1 aromatic carbocycles. The molecule has 0 bridgehead atoms. The van der Waals surface area contributed by atoms with Gasteiger partial charge in [-0.2, -0.15) is 0 Å². The van der Waals surface area contributed by atoms with E-state index in [9.17, 15) is 5.11 Å². The highest BCUT2D eigenvalue weighted by Gasteiger charge is 2.08. The minimum atomic E-state index is 0.158. The molecule has 0 radical (unpaired) electrons. The number of aromatic nitrogens is 2. The second-order valence-corrected chi connectivity index (χ2v) is 5.97. The molecule has 2 heterocycles. The first-order chi connectivity index (χ1) is 11.8. The molecule has 0 aliphatic carbocycles. The number of hydrogen-bond donors (Lipinski definition) is 1. The van der Waals surface area contributed by atoms with Crippen molar-refractivity contribution < 1.29 is 5.11 Å². The third kappa shape index (κ3) is 4.78. The maximum Gasteiger partial charge on any atom is 0.0558 e. The van der Waals surface area contributed by atoms with Gasteiger partial charge < -0.3 is 9.67 Å². The Morgan fingerprint density at radius 2 is 1.71 bits per heavy atom. The topological polar surface area (TPSA) is 41.3 Å². The molecular formula is C20H23N3O. The maximum atomic E-state index is 9.33. The van der Waals surface area contributed by atoms with Crippen LogP contribution in [0.3, 0.4) is 0 Å². The van der Waals surface area contributed by atoms with Crippen LogP contribution in [0.4, 0.5) is 0 Å². The second-order valence-electron chi connectivity index (χ2n) is 5.97. The van der Waals surface area contributed by atoms with Crippen molar-refractivity contribution in [2.75, 3.05) is 13.2 Å². The van der Waals surface area contributed by atoms with E-state index in [0.717, 1.165) is 25.2 Å². The van der Waals surface area contributed by atoms with Gasteiger partial charge in [0, 0.05) is 51.0 Å². The summed E-state index contributed by atoms with van der Waals surface area (Å²) >= 11 is 0. The van der Waals surface area contributed by atoms with Gasteiger partial charge >= 0.3 is 0 Å². The normalized spacial score (nSPS) is 11.1. The van der Waals surface area contributed by atoms with E-state index in [1.165, 1.54) is 11.1 Å². The molecule has 0 unspecified atom stereocenters. The third-order valence-corrected chi connectivity index (χ3v) is 3.97. The van der Waals surface area contributed by atoms with Gasteiger partial charge in [-0.25, -0.2) is 0 Å². The van der Waals surface area contributed by atoms with Crippen LogP contribution in [0.1, 0.15) is 16.7 Å². The van der Waals surface area contributed by atoms with Gasteiger partial charge in [-0.3, -0.25) is 9.88 Å². The lowest BCUT2D eigenvalue weighted by Gasteiger charge is -2.20. The van der Waals surface area contributed by atoms with E-state index in [2.05, 4.69) is 63.2 Å². The maximum absolute atomic E-state index is 9.33. The summed E-state index contributed by atoms with van der Waals surface area (Å²) in [4.78, 5) is 6.40. The molecular weight excluding hydrogens is 298 g/mol. The van der Waals surface area contributed by atoms with Gasteiger partial charge in [0.1, 0.15) is 0 Å². The molecule has 0 fully saturated rings. The van der Waals surface area contributed by atoms with Gasteiger partial charge in [-0.05, 0) is 28.8 Å². The summed E-state index contributed by atoms with van der Waals surface area (Å²) in [6.07, 6.45) is 7.96. The minimum Gasteiger partial charge on any atom is -0.395 e. The molecule has 0 spiro atoms. The predicted molar refractivity (Wildman–Crippen MR) is 95.4 cm³/mol. The summed E-state index contributed by atoms with van der Waals surface area (Å²) < 4.78 is 2.20. The third-order valence-electron chi connectivity index (χ3n) is 3.97. The summed E-state index contributed by atoms with van der Waals surface area (Å²) in [7, 11) is 0. The number of rotatable bonds is 8. The fourth-order valence-electron chi connectivity index (χ4n) is 2.84.